The van der Waals surface area contributed by atoms with E-state index in [0.29, 0.717) is 15.8 Å². The van der Waals surface area contributed by atoms with Crippen molar-refractivity contribution in [2.75, 3.05) is 17.1 Å². The van der Waals surface area contributed by atoms with Gasteiger partial charge in [-0.3, -0.25) is 9.71 Å². The lowest BCUT2D eigenvalue weighted by Gasteiger charge is -2.12. The number of hydrogen-bond donors (Lipinski definition) is 2. The van der Waals surface area contributed by atoms with Gasteiger partial charge >= 0.3 is 0 Å². The molecule has 8 heteroatoms. The Morgan fingerprint density at radius 3 is 2.55 bits per heavy atom. The zero-order valence-corrected chi connectivity index (χ0v) is 14.4. The molecule has 2 rings (SSSR count). The van der Waals surface area contributed by atoms with Gasteiger partial charge < -0.3 is 5.32 Å². The molecule has 1 aromatic heterocycles. The van der Waals surface area contributed by atoms with E-state index in [2.05, 4.69) is 46.9 Å². The first-order chi connectivity index (χ1) is 9.44. The Bertz CT molecular complexity index is 735. The Balaban J connectivity index is 2.41. The quantitative estimate of drug-likeness (QED) is 0.794. The van der Waals surface area contributed by atoms with Crippen molar-refractivity contribution in [3.63, 3.8) is 0 Å². The maximum atomic E-state index is 12.4. The van der Waals surface area contributed by atoms with Crippen LogP contribution in [0.1, 0.15) is 0 Å². The molecular weight excluding hydrogens is 410 g/mol. The summed E-state index contributed by atoms with van der Waals surface area (Å²) >= 11 is 6.64. The van der Waals surface area contributed by atoms with Gasteiger partial charge in [0.25, 0.3) is 10.0 Å². The van der Waals surface area contributed by atoms with Crippen molar-refractivity contribution < 1.29 is 8.42 Å². The molecule has 2 N–H and O–H groups in total. The molecule has 0 radical (unpaired) electrons. The normalized spacial score (nSPS) is 11.2. The predicted molar refractivity (Wildman–Crippen MR) is 86.4 cm³/mol. The summed E-state index contributed by atoms with van der Waals surface area (Å²) in [6.07, 6.45) is 2.83. The van der Waals surface area contributed by atoms with Gasteiger partial charge in [-0.1, -0.05) is 15.9 Å². The van der Waals surface area contributed by atoms with Crippen molar-refractivity contribution in [3.8, 4) is 0 Å². The Labute approximate surface area is 134 Å². The van der Waals surface area contributed by atoms with Gasteiger partial charge in [0.15, 0.2) is 0 Å². The van der Waals surface area contributed by atoms with E-state index in [4.69, 9.17) is 0 Å². The molecule has 0 atom stereocenters. The summed E-state index contributed by atoms with van der Waals surface area (Å²) in [7, 11) is -2.06. The number of sulfonamides is 1. The largest absolute Gasteiger partial charge is 0.387 e. The van der Waals surface area contributed by atoms with Crippen molar-refractivity contribution in [2.24, 2.45) is 0 Å². The van der Waals surface area contributed by atoms with Gasteiger partial charge in [-0.25, -0.2) is 8.42 Å². The molecule has 5 nitrogen and oxygen atoms in total. The molecule has 2 aromatic rings. The second-order valence-corrected chi connectivity index (χ2v) is 7.27. The van der Waals surface area contributed by atoms with Crippen LogP contribution in [0.2, 0.25) is 0 Å². The third kappa shape index (κ3) is 3.31. The van der Waals surface area contributed by atoms with Crippen LogP contribution in [0.5, 0.6) is 0 Å². The highest BCUT2D eigenvalue weighted by Crippen LogP contribution is 2.29. The first kappa shape index (κ1) is 15.3. The Morgan fingerprint density at radius 2 is 1.90 bits per heavy atom. The number of halogens is 2. The smallest absolute Gasteiger partial charge is 0.265 e. The second-order valence-electron chi connectivity index (χ2n) is 3.85. The van der Waals surface area contributed by atoms with Crippen molar-refractivity contribution in [3.05, 3.63) is 45.6 Å². The van der Waals surface area contributed by atoms with Crippen molar-refractivity contribution in [1.29, 1.82) is 0 Å². The summed E-state index contributed by atoms with van der Waals surface area (Å²) in [5, 5.41) is 2.83. The summed E-state index contributed by atoms with van der Waals surface area (Å²) in [5.41, 5.74) is 0.944. The molecule has 0 saturated carbocycles. The standard InChI is InChI=1S/C12H11Br2N3O2S/c1-15-11-4-5-16-7-12(11)20(18,19)17-10-3-2-8(13)6-9(10)14/h2-7,17H,1H3,(H,15,16). The molecule has 0 unspecified atom stereocenters. The van der Waals surface area contributed by atoms with Crippen LogP contribution < -0.4 is 10.0 Å². The SMILES string of the molecule is CNc1ccncc1S(=O)(=O)Nc1ccc(Br)cc1Br. The Kier molecular flexibility index (Phi) is 4.66. The maximum Gasteiger partial charge on any atom is 0.265 e. The fourth-order valence-corrected chi connectivity index (χ4v) is 4.09. The molecule has 1 aromatic carbocycles. The monoisotopic (exact) mass is 419 g/mol. The van der Waals surface area contributed by atoms with E-state index in [1.165, 1.54) is 12.4 Å². The van der Waals surface area contributed by atoms with Crippen molar-refractivity contribution >= 4 is 53.3 Å². The molecule has 0 amide bonds. The van der Waals surface area contributed by atoms with Crippen LogP contribution in [0, 0.1) is 0 Å². The van der Waals surface area contributed by atoms with Crippen LogP contribution in [-0.4, -0.2) is 20.4 Å². The molecule has 0 aliphatic heterocycles. The van der Waals surface area contributed by atoms with Gasteiger partial charge in [0.1, 0.15) is 4.90 Å². The molecule has 1 heterocycles. The van der Waals surface area contributed by atoms with Crippen LogP contribution in [-0.2, 0) is 10.0 Å². The van der Waals surface area contributed by atoms with Crippen LogP contribution in [0.15, 0.2) is 50.5 Å². The topological polar surface area (TPSA) is 71.1 Å². The zero-order chi connectivity index (χ0) is 14.8. The van der Waals surface area contributed by atoms with E-state index < -0.39 is 10.0 Å². The molecule has 0 spiro atoms. The lowest BCUT2D eigenvalue weighted by Crippen LogP contribution is -2.15. The van der Waals surface area contributed by atoms with Crippen LogP contribution in [0.25, 0.3) is 0 Å². The Morgan fingerprint density at radius 1 is 1.15 bits per heavy atom. The summed E-state index contributed by atoms with van der Waals surface area (Å²) in [6.45, 7) is 0. The number of pyridine rings is 1. The first-order valence-corrected chi connectivity index (χ1v) is 8.60. The number of benzene rings is 1. The van der Waals surface area contributed by atoms with Crippen LogP contribution in [0.3, 0.4) is 0 Å². The van der Waals surface area contributed by atoms with Gasteiger partial charge in [-0.2, -0.15) is 0 Å². The lowest BCUT2D eigenvalue weighted by molar-refractivity contribution is 0.601. The summed E-state index contributed by atoms with van der Waals surface area (Å²) in [6, 6.07) is 6.79. The van der Waals surface area contributed by atoms with Crippen molar-refractivity contribution in [1.82, 2.24) is 4.98 Å². The van der Waals surface area contributed by atoms with E-state index in [9.17, 15) is 8.42 Å². The fourth-order valence-electron chi connectivity index (χ4n) is 1.57. The van der Waals surface area contributed by atoms with Gasteiger partial charge in [0.2, 0.25) is 0 Å². The minimum Gasteiger partial charge on any atom is -0.387 e. The van der Waals surface area contributed by atoms with E-state index in [1.54, 1.807) is 31.3 Å². The molecule has 20 heavy (non-hydrogen) atoms. The highest BCUT2D eigenvalue weighted by Gasteiger charge is 2.19. The van der Waals surface area contributed by atoms with Gasteiger partial charge in [-0.05, 0) is 40.2 Å². The first-order valence-electron chi connectivity index (χ1n) is 5.53. The average Bonchev–Trinajstić information content (AvgIpc) is 2.42. The Hall–Kier alpha value is -1.12. The minimum atomic E-state index is -3.71. The maximum absolute atomic E-state index is 12.4. The number of rotatable bonds is 4. The number of anilines is 2. The van der Waals surface area contributed by atoms with E-state index in [1.807, 2.05) is 0 Å². The van der Waals surface area contributed by atoms with Crippen LogP contribution in [0.4, 0.5) is 11.4 Å². The molecule has 0 saturated heterocycles. The van der Waals surface area contributed by atoms with Gasteiger partial charge in [0.05, 0.1) is 11.4 Å². The van der Waals surface area contributed by atoms with Gasteiger partial charge in [-0.15, -0.1) is 0 Å². The molecular formula is C12H11Br2N3O2S. The van der Waals surface area contributed by atoms with Gasteiger partial charge in [0, 0.05) is 28.4 Å². The highest BCUT2D eigenvalue weighted by atomic mass is 79.9. The highest BCUT2D eigenvalue weighted by molar-refractivity contribution is 9.11. The molecule has 106 valence electrons. The molecule has 0 aliphatic carbocycles. The summed E-state index contributed by atoms with van der Waals surface area (Å²) in [4.78, 5) is 3.95. The summed E-state index contributed by atoms with van der Waals surface area (Å²) in [5.74, 6) is 0. The third-order valence-electron chi connectivity index (χ3n) is 2.52. The molecule has 0 bridgehead atoms. The van der Waals surface area contributed by atoms with Crippen LogP contribution >= 0.6 is 31.9 Å². The van der Waals surface area contributed by atoms with E-state index in [-0.39, 0.29) is 4.90 Å². The number of nitrogens with zero attached hydrogens (tertiary/aromatic N) is 1. The average molecular weight is 421 g/mol. The lowest BCUT2D eigenvalue weighted by atomic mass is 10.3. The van der Waals surface area contributed by atoms with E-state index in [0.717, 1.165) is 4.47 Å². The third-order valence-corrected chi connectivity index (χ3v) is 5.06. The predicted octanol–water partition coefficient (Wildman–Crippen LogP) is 3.45. The number of hydrogen-bond acceptors (Lipinski definition) is 4. The summed E-state index contributed by atoms with van der Waals surface area (Å²) < 4.78 is 28.8. The minimum absolute atomic E-state index is 0.0947. The van der Waals surface area contributed by atoms with Crippen molar-refractivity contribution in [2.45, 2.75) is 4.90 Å². The fraction of sp³-hybridized carbons (Fsp3) is 0.0833. The molecule has 0 fully saturated rings. The number of nitrogens with one attached hydrogen (secondary N) is 2. The molecule has 0 aliphatic rings. The second kappa shape index (κ2) is 6.11. The zero-order valence-electron chi connectivity index (χ0n) is 10.4. The van der Waals surface area contributed by atoms with E-state index >= 15 is 0 Å². The number of aromatic nitrogens is 1.